The molecule has 0 radical (unpaired) electrons. The van der Waals surface area contributed by atoms with Crippen LogP contribution in [-0.2, 0) is 9.59 Å². The fraction of sp³-hybridized carbons (Fsp3) is 0.280. The number of aryl methyl sites for hydroxylation is 2. The summed E-state index contributed by atoms with van der Waals surface area (Å²) >= 11 is 0. The molecule has 1 atom stereocenters. The lowest BCUT2D eigenvalue weighted by Gasteiger charge is -2.25. The molecule has 4 rings (SSSR count). The predicted octanol–water partition coefficient (Wildman–Crippen LogP) is 5.15. The molecule has 160 valence electrons. The normalized spacial score (nSPS) is 18.3. The molecular weight excluding hydrogens is 395 g/mol. The van der Waals surface area contributed by atoms with Gasteiger partial charge in [0.2, 0.25) is 0 Å². The Kier molecular flexibility index (Phi) is 5.39. The third kappa shape index (κ3) is 3.42. The van der Waals surface area contributed by atoms with Crippen LogP contribution in [0, 0.1) is 19.7 Å². The molecule has 0 saturated carbocycles. The summed E-state index contributed by atoms with van der Waals surface area (Å²) in [6.07, 6.45) is 1.60. The van der Waals surface area contributed by atoms with Gasteiger partial charge >= 0.3 is 0 Å². The van der Waals surface area contributed by atoms with Crippen molar-refractivity contribution in [2.24, 2.45) is 0 Å². The smallest absolute Gasteiger partial charge is 0.295 e. The molecule has 1 aliphatic heterocycles. The van der Waals surface area contributed by atoms with Gasteiger partial charge < -0.3 is 15.0 Å². The van der Waals surface area contributed by atoms with Gasteiger partial charge in [0, 0.05) is 34.3 Å². The van der Waals surface area contributed by atoms with Crippen molar-refractivity contribution in [2.45, 2.75) is 39.7 Å². The van der Waals surface area contributed by atoms with E-state index in [4.69, 9.17) is 0 Å². The number of likely N-dealkylation sites (tertiary alicyclic amines) is 1. The highest BCUT2D eigenvalue weighted by atomic mass is 19.1. The number of aliphatic hydroxyl groups is 1. The molecule has 2 N–H and O–H groups in total. The predicted molar refractivity (Wildman–Crippen MR) is 118 cm³/mol. The summed E-state index contributed by atoms with van der Waals surface area (Å²) in [5.74, 6) is -2.02. The molecule has 3 aromatic rings. The molecule has 31 heavy (non-hydrogen) atoms. The lowest BCUT2D eigenvalue weighted by atomic mass is 9.93. The number of aromatic nitrogens is 1. The summed E-state index contributed by atoms with van der Waals surface area (Å²) in [6, 6.07) is 11.2. The monoisotopic (exact) mass is 420 g/mol. The van der Waals surface area contributed by atoms with Crippen LogP contribution in [0.4, 0.5) is 4.39 Å². The lowest BCUT2D eigenvalue weighted by Crippen LogP contribution is -2.30. The van der Waals surface area contributed by atoms with Crippen LogP contribution in [0.25, 0.3) is 16.7 Å². The third-order valence-electron chi connectivity index (χ3n) is 5.94. The second-order valence-corrected chi connectivity index (χ2v) is 8.02. The Morgan fingerprint density at radius 1 is 1.16 bits per heavy atom. The SMILES string of the molecule is CCCCN1C(=O)C(=O)/C(=C(/O)c2ccc(F)c(C)c2)C1c1c(C)[nH]c2ccccc12. The number of amides is 1. The number of hydrogen-bond donors (Lipinski definition) is 2. The number of unbranched alkanes of at least 4 members (excludes halogenated alkanes) is 1. The summed E-state index contributed by atoms with van der Waals surface area (Å²) in [5, 5.41) is 12.0. The van der Waals surface area contributed by atoms with Gasteiger partial charge in [-0.2, -0.15) is 0 Å². The van der Waals surface area contributed by atoms with Crippen molar-refractivity contribution in [3.8, 4) is 0 Å². The van der Waals surface area contributed by atoms with Crippen LogP contribution in [0.2, 0.25) is 0 Å². The number of benzene rings is 2. The quantitative estimate of drug-likeness (QED) is 0.341. The first-order chi connectivity index (χ1) is 14.8. The summed E-state index contributed by atoms with van der Waals surface area (Å²) < 4.78 is 13.8. The topological polar surface area (TPSA) is 73.4 Å². The summed E-state index contributed by atoms with van der Waals surface area (Å²) in [5.41, 5.74) is 3.23. The van der Waals surface area contributed by atoms with Crippen molar-refractivity contribution < 1.29 is 19.1 Å². The summed E-state index contributed by atoms with van der Waals surface area (Å²) in [7, 11) is 0. The number of aromatic amines is 1. The Labute approximate surface area is 180 Å². The number of hydrogen-bond acceptors (Lipinski definition) is 3. The van der Waals surface area contributed by atoms with Crippen LogP contribution in [0.3, 0.4) is 0 Å². The Hall–Kier alpha value is -3.41. The third-order valence-corrected chi connectivity index (χ3v) is 5.94. The molecule has 1 amide bonds. The van der Waals surface area contributed by atoms with Crippen LogP contribution in [0.1, 0.15) is 48.2 Å². The van der Waals surface area contributed by atoms with Crippen LogP contribution >= 0.6 is 0 Å². The zero-order valence-electron chi connectivity index (χ0n) is 17.8. The van der Waals surface area contributed by atoms with E-state index in [-0.39, 0.29) is 11.3 Å². The van der Waals surface area contributed by atoms with E-state index in [2.05, 4.69) is 4.98 Å². The number of ketones is 1. The molecule has 1 fully saturated rings. The summed E-state index contributed by atoms with van der Waals surface area (Å²) in [4.78, 5) is 31.0. The number of nitrogens with one attached hydrogen (secondary N) is 1. The van der Waals surface area contributed by atoms with Crippen LogP contribution in [-0.4, -0.2) is 33.2 Å². The number of H-pyrrole nitrogens is 1. The van der Waals surface area contributed by atoms with Crippen molar-refractivity contribution in [2.75, 3.05) is 6.54 Å². The van der Waals surface area contributed by atoms with Crippen molar-refractivity contribution >= 4 is 28.4 Å². The Morgan fingerprint density at radius 3 is 2.61 bits per heavy atom. The van der Waals surface area contributed by atoms with Gasteiger partial charge in [-0.15, -0.1) is 0 Å². The summed E-state index contributed by atoms with van der Waals surface area (Å²) in [6.45, 7) is 5.91. The largest absolute Gasteiger partial charge is 0.507 e. The molecule has 2 heterocycles. The molecule has 1 unspecified atom stereocenters. The first-order valence-electron chi connectivity index (χ1n) is 10.5. The van der Waals surface area contributed by atoms with Crippen molar-refractivity contribution in [1.82, 2.24) is 9.88 Å². The molecule has 1 aliphatic rings. The Morgan fingerprint density at radius 2 is 1.90 bits per heavy atom. The molecule has 0 aliphatic carbocycles. The minimum Gasteiger partial charge on any atom is -0.507 e. The van der Waals surface area contributed by atoms with Crippen molar-refractivity contribution in [3.63, 3.8) is 0 Å². The number of carbonyl (C=O) groups is 2. The van der Waals surface area contributed by atoms with Crippen LogP contribution < -0.4 is 0 Å². The molecule has 5 nitrogen and oxygen atoms in total. The minimum absolute atomic E-state index is 0.0416. The zero-order valence-corrected chi connectivity index (χ0v) is 17.8. The van der Waals surface area contributed by atoms with Crippen molar-refractivity contribution in [3.05, 3.63) is 76.2 Å². The second-order valence-electron chi connectivity index (χ2n) is 8.02. The number of para-hydroxylation sites is 1. The van der Waals surface area contributed by atoms with E-state index < -0.39 is 23.5 Å². The van der Waals surface area contributed by atoms with E-state index >= 15 is 0 Å². The van der Waals surface area contributed by atoms with Crippen molar-refractivity contribution in [1.29, 1.82) is 0 Å². The van der Waals surface area contributed by atoms with E-state index in [0.29, 0.717) is 17.7 Å². The van der Waals surface area contributed by atoms with Gasteiger partial charge in [0.05, 0.1) is 11.6 Å². The number of halogens is 1. The Balaban J connectivity index is 1.97. The van der Waals surface area contributed by atoms with Gasteiger partial charge in [-0.3, -0.25) is 9.59 Å². The maximum atomic E-state index is 13.8. The number of aliphatic hydroxyl groups excluding tert-OH is 1. The fourth-order valence-corrected chi connectivity index (χ4v) is 4.34. The average molecular weight is 420 g/mol. The molecule has 1 saturated heterocycles. The Bertz CT molecular complexity index is 1220. The maximum absolute atomic E-state index is 13.8. The first-order valence-corrected chi connectivity index (χ1v) is 10.5. The number of rotatable bonds is 5. The van der Waals surface area contributed by atoms with Gasteiger partial charge in [0.15, 0.2) is 0 Å². The van der Waals surface area contributed by atoms with Crippen LogP contribution in [0.15, 0.2) is 48.0 Å². The minimum atomic E-state index is -0.717. The number of fused-ring (bicyclic) bond motifs is 1. The lowest BCUT2D eigenvalue weighted by molar-refractivity contribution is -0.139. The standard InChI is InChI=1S/C25H25FN2O3/c1-4-5-12-28-22(20-15(3)27-19-9-7-6-8-17(19)20)21(24(30)25(28)31)23(29)16-10-11-18(26)14(2)13-16/h6-11,13,22,27,29H,4-5,12H2,1-3H3/b23-21+. The van der Waals surface area contributed by atoms with Gasteiger partial charge in [0.1, 0.15) is 11.6 Å². The van der Waals surface area contributed by atoms with Gasteiger partial charge in [0.25, 0.3) is 11.7 Å². The highest BCUT2D eigenvalue weighted by Crippen LogP contribution is 2.43. The van der Waals surface area contributed by atoms with Gasteiger partial charge in [-0.05, 0) is 50.1 Å². The van der Waals surface area contributed by atoms with Gasteiger partial charge in [-0.25, -0.2) is 4.39 Å². The zero-order chi connectivity index (χ0) is 22.3. The van der Waals surface area contributed by atoms with E-state index in [1.165, 1.54) is 18.2 Å². The molecule has 2 aromatic carbocycles. The maximum Gasteiger partial charge on any atom is 0.295 e. The van der Waals surface area contributed by atoms with E-state index in [1.54, 1.807) is 11.8 Å². The molecular formula is C25H25FN2O3. The van der Waals surface area contributed by atoms with Gasteiger partial charge in [-0.1, -0.05) is 31.5 Å². The number of carbonyl (C=O) groups excluding carboxylic acids is 2. The molecule has 6 heteroatoms. The molecule has 0 spiro atoms. The second kappa shape index (κ2) is 8.02. The molecule has 1 aromatic heterocycles. The van der Waals surface area contributed by atoms with E-state index in [0.717, 1.165) is 35.0 Å². The highest BCUT2D eigenvalue weighted by molar-refractivity contribution is 6.46. The highest BCUT2D eigenvalue weighted by Gasteiger charge is 2.47. The first kappa shape index (κ1) is 20.8. The fourth-order valence-electron chi connectivity index (χ4n) is 4.34. The number of nitrogens with zero attached hydrogens (tertiary/aromatic N) is 1. The van der Waals surface area contributed by atoms with E-state index in [9.17, 15) is 19.1 Å². The molecule has 0 bridgehead atoms. The number of Topliss-reactive ketones (excluding diaryl/α,β-unsaturated/α-hetero) is 1. The van der Waals surface area contributed by atoms with Crippen LogP contribution in [0.5, 0.6) is 0 Å². The average Bonchev–Trinajstić information content (AvgIpc) is 3.20. The van der Waals surface area contributed by atoms with E-state index in [1.807, 2.05) is 38.1 Å².